The highest BCUT2D eigenvalue weighted by molar-refractivity contribution is 8.00. The molecule has 1 aromatic rings. The predicted octanol–water partition coefficient (Wildman–Crippen LogP) is 2.95. The first-order valence-electron chi connectivity index (χ1n) is 9.38. The summed E-state index contributed by atoms with van der Waals surface area (Å²) in [7, 11) is 0. The Labute approximate surface area is 177 Å². The van der Waals surface area contributed by atoms with Crippen molar-refractivity contribution in [1.82, 2.24) is 9.80 Å². The number of thioether (sulfide) groups is 1. The molecule has 2 saturated heterocycles. The molecule has 3 rings (SSSR count). The summed E-state index contributed by atoms with van der Waals surface area (Å²) in [5.74, 6) is -0.758. The number of carbonyl (C=O) groups excluding carboxylic acids is 3. The molecule has 2 aliphatic heterocycles. The average molecular weight is 445 g/mol. The van der Waals surface area contributed by atoms with Crippen molar-refractivity contribution in [2.75, 3.05) is 32.1 Å². The molecular formula is C19H22ClFN2O5S. The van der Waals surface area contributed by atoms with E-state index >= 15 is 0 Å². The van der Waals surface area contributed by atoms with Crippen molar-refractivity contribution in [2.45, 2.75) is 36.7 Å². The minimum absolute atomic E-state index is 0.00805. The third kappa shape index (κ3) is 5.14. The van der Waals surface area contributed by atoms with Crippen molar-refractivity contribution in [2.24, 2.45) is 0 Å². The minimum atomic E-state index is -0.731. The van der Waals surface area contributed by atoms with E-state index in [1.165, 1.54) is 28.8 Å². The quantitative estimate of drug-likeness (QED) is 0.496. The first kappa shape index (κ1) is 21.7. The predicted molar refractivity (Wildman–Crippen MR) is 105 cm³/mol. The van der Waals surface area contributed by atoms with Crippen LogP contribution in [0.4, 0.5) is 9.18 Å². The van der Waals surface area contributed by atoms with E-state index in [-0.39, 0.29) is 35.9 Å². The number of amides is 2. The summed E-state index contributed by atoms with van der Waals surface area (Å²) in [4.78, 5) is 40.5. The van der Waals surface area contributed by atoms with Crippen LogP contribution in [0, 0.1) is 5.82 Å². The van der Waals surface area contributed by atoms with Gasteiger partial charge in [0.25, 0.3) is 0 Å². The molecule has 29 heavy (non-hydrogen) atoms. The summed E-state index contributed by atoms with van der Waals surface area (Å²) >= 11 is 7.25. The summed E-state index contributed by atoms with van der Waals surface area (Å²) in [6.07, 6.45) is 0.589. The average Bonchev–Trinajstić information content (AvgIpc) is 3.09. The van der Waals surface area contributed by atoms with Crippen LogP contribution in [0.1, 0.15) is 19.8 Å². The monoisotopic (exact) mass is 444 g/mol. The fourth-order valence-electron chi connectivity index (χ4n) is 3.47. The van der Waals surface area contributed by atoms with E-state index in [0.717, 1.165) is 0 Å². The van der Waals surface area contributed by atoms with Crippen LogP contribution >= 0.6 is 23.4 Å². The second-order valence-electron chi connectivity index (χ2n) is 6.73. The maximum atomic E-state index is 13.1. The van der Waals surface area contributed by atoms with Gasteiger partial charge >= 0.3 is 12.1 Å². The van der Waals surface area contributed by atoms with Gasteiger partial charge in [0.15, 0.2) is 6.04 Å². The van der Waals surface area contributed by atoms with E-state index in [1.807, 2.05) is 0 Å². The number of piperidine rings is 1. The first-order chi connectivity index (χ1) is 13.9. The number of benzene rings is 1. The highest BCUT2D eigenvalue weighted by atomic mass is 35.5. The smallest absolute Gasteiger partial charge is 0.410 e. The van der Waals surface area contributed by atoms with E-state index in [1.54, 1.807) is 17.9 Å². The van der Waals surface area contributed by atoms with Crippen molar-refractivity contribution in [3.63, 3.8) is 0 Å². The number of halogens is 2. The lowest BCUT2D eigenvalue weighted by Gasteiger charge is -2.37. The first-order valence-corrected chi connectivity index (χ1v) is 10.7. The van der Waals surface area contributed by atoms with Crippen molar-refractivity contribution in [3.05, 3.63) is 29.0 Å². The molecule has 1 atom stereocenters. The van der Waals surface area contributed by atoms with Crippen LogP contribution in [0.15, 0.2) is 23.1 Å². The van der Waals surface area contributed by atoms with Crippen LogP contribution in [0.3, 0.4) is 0 Å². The van der Waals surface area contributed by atoms with Crippen LogP contribution in [-0.2, 0) is 19.1 Å². The van der Waals surface area contributed by atoms with Gasteiger partial charge in [-0.1, -0.05) is 11.6 Å². The Morgan fingerprint density at radius 3 is 2.72 bits per heavy atom. The van der Waals surface area contributed by atoms with Gasteiger partial charge in [-0.15, -0.1) is 11.8 Å². The molecule has 2 fully saturated rings. The fraction of sp³-hybridized carbons (Fsp3) is 0.526. The van der Waals surface area contributed by atoms with Gasteiger partial charge in [-0.05, 0) is 38.0 Å². The van der Waals surface area contributed by atoms with E-state index in [0.29, 0.717) is 30.8 Å². The Bertz CT molecular complexity index is 788. The molecule has 2 amide bonds. The van der Waals surface area contributed by atoms with Gasteiger partial charge in [-0.2, -0.15) is 0 Å². The molecule has 158 valence electrons. The number of esters is 1. The maximum absolute atomic E-state index is 13.1. The molecular weight excluding hydrogens is 423 g/mol. The third-order valence-electron chi connectivity index (χ3n) is 4.93. The summed E-state index contributed by atoms with van der Waals surface area (Å²) in [5, 5.41) is 0.277. The highest BCUT2D eigenvalue weighted by Gasteiger charge is 2.44. The number of nitrogens with zero attached hydrogens (tertiary/aromatic N) is 2. The lowest BCUT2D eigenvalue weighted by molar-refractivity contribution is -0.148. The molecule has 1 aromatic carbocycles. The van der Waals surface area contributed by atoms with Crippen molar-refractivity contribution in [1.29, 1.82) is 0 Å². The molecule has 0 aliphatic carbocycles. The Morgan fingerprint density at radius 2 is 2.07 bits per heavy atom. The molecule has 0 radical (unpaired) electrons. The molecule has 2 aliphatic rings. The molecule has 0 aromatic heterocycles. The molecule has 1 unspecified atom stereocenters. The Morgan fingerprint density at radius 1 is 1.34 bits per heavy atom. The normalized spacial score (nSPS) is 20.0. The van der Waals surface area contributed by atoms with Gasteiger partial charge in [-0.3, -0.25) is 9.69 Å². The highest BCUT2D eigenvalue weighted by Crippen LogP contribution is 2.29. The van der Waals surface area contributed by atoms with Gasteiger partial charge in [0.05, 0.1) is 17.4 Å². The lowest BCUT2D eigenvalue weighted by atomic mass is 10.0. The van der Waals surface area contributed by atoms with Gasteiger partial charge in [0.2, 0.25) is 5.91 Å². The number of cyclic esters (lactones) is 1. The van der Waals surface area contributed by atoms with Crippen LogP contribution in [0.5, 0.6) is 0 Å². The van der Waals surface area contributed by atoms with Crippen LogP contribution < -0.4 is 0 Å². The van der Waals surface area contributed by atoms with Crippen molar-refractivity contribution < 1.29 is 28.2 Å². The molecule has 0 spiro atoms. The number of ether oxygens (including phenoxy) is 2. The molecule has 0 bridgehead atoms. The maximum Gasteiger partial charge on any atom is 0.410 e. The van der Waals surface area contributed by atoms with Crippen LogP contribution in [0.25, 0.3) is 0 Å². The number of carbonyl (C=O) groups is 3. The van der Waals surface area contributed by atoms with E-state index in [4.69, 9.17) is 21.1 Å². The molecule has 7 nitrogen and oxygen atoms in total. The number of hydrogen-bond donors (Lipinski definition) is 0. The van der Waals surface area contributed by atoms with Gasteiger partial charge in [0.1, 0.15) is 12.4 Å². The standard InChI is InChI=1S/C19H22ClFN2O5S/c1-2-27-18(25)15-10-28-19(26)23(15)13-5-7-22(8-6-13)17(24)11-29-16-4-3-12(21)9-14(16)20/h3-4,9,13,15H,2,5-8,10-11H2,1H3. The molecule has 10 heteroatoms. The van der Waals surface area contributed by atoms with E-state index in [9.17, 15) is 18.8 Å². The summed E-state index contributed by atoms with van der Waals surface area (Å²) in [6.45, 7) is 2.88. The van der Waals surface area contributed by atoms with Crippen molar-refractivity contribution >= 4 is 41.3 Å². The Balaban J connectivity index is 1.52. The summed E-state index contributed by atoms with van der Waals surface area (Å²) < 4.78 is 23.2. The zero-order chi connectivity index (χ0) is 21.0. The lowest BCUT2D eigenvalue weighted by Crippen LogP contribution is -2.52. The topological polar surface area (TPSA) is 76.2 Å². The molecule has 0 saturated carbocycles. The second kappa shape index (κ2) is 9.67. The van der Waals surface area contributed by atoms with Gasteiger partial charge in [-0.25, -0.2) is 14.0 Å². The van der Waals surface area contributed by atoms with Crippen LogP contribution in [-0.4, -0.2) is 71.9 Å². The summed E-state index contributed by atoms with van der Waals surface area (Å²) in [5.41, 5.74) is 0. The second-order valence-corrected chi connectivity index (χ2v) is 8.15. The van der Waals surface area contributed by atoms with Crippen LogP contribution in [0.2, 0.25) is 5.02 Å². The SMILES string of the molecule is CCOC(=O)C1COC(=O)N1C1CCN(C(=O)CSc2ccc(F)cc2Cl)CC1. The van der Waals surface area contributed by atoms with E-state index < -0.39 is 23.9 Å². The van der Waals surface area contributed by atoms with E-state index in [2.05, 4.69) is 0 Å². The Kier molecular flexibility index (Phi) is 7.23. The summed E-state index contributed by atoms with van der Waals surface area (Å²) in [6, 6.07) is 3.17. The molecule has 2 heterocycles. The Hall–Kier alpha value is -2.00. The zero-order valence-electron chi connectivity index (χ0n) is 15.9. The number of rotatable bonds is 6. The third-order valence-corrected chi connectivity index (χ3v) is 6.41. The van der Waals surface area contributed by atoms with Crippen molar-refractivity contribution in [3.8, 4) is 0 Å². The van der Waals surface area contributed by atoms with Gasteiger partial charge in [0, 0.05) is 24.0 Å². The fourth-order valence-corrected chi connectivity index (χ4v) is 4.63. The number of likely N-dealkylation sites (tertiary alicyclic amines) is 1. The van der Waals surface area contributed by atoms with Gasteiger partial charge < -0.3 is 14.4 Å². The largest absolute Gasteiger partial charge is 0.464 e. The minimum Gasteiger partial charge on any atom is -0.464 e. The molecule has 0 N–H and O–H groups in total. The number of hydrogen-bond acceptors (Lipinski definition) is 6. The zero-order valence-corrected chi connectivity index (χ0v) is 17.5.